The highest BCUT2D eigenvalue weighted by Crippen LogP contribution is 2.33. The van der Waals surface area contributed by atoms with Gasteiger partial charge in [0, 0.05) is 32.7 Å². The van der Waals surface area contributed by atoms with Crippen molar-refractivity contribution in [2.45, 2.75) is 18.9 Å². The van der Waals surface area contributed by atoms with E-state index < -0.39 is 4.92 Å². The number of hydrogen-bond donors (Lipinski definition) is 1. The van der Waals surface area contributed by atoms with Gasteiger partial charge in [-0.15, -0.1) is 0 Å². The lowest BCUT2D eigenvalue weighted by atomic mass is 10.1. The van der Waals surface area contributed by atoms with Crippen LogP contribution in [-0.2, 0) is 0 Å². The summed E-state index contributed by atoms with van der Waals surface area (Å²) >= 11 is 0. The zero-order chi connectivity index (χ0) is 14.1. The molecule has 8 nitrogen and oxygen atoms in total. The van der Waals surface area contributed by atoms with E-state index in [-0.39, 0.29) is 11.5 Å². The summed E-state index contributed by atoms with van der Waals surface area (Å²) in [5, 5.41) is 14.1. The Labute approximate surface area is 117 Å². The molecule has 0 bridgehead atoms. The third-order valence-corrected chi connectivity index (χ3v) is 4.11. The largest absolute Gasteiger partial charge is 0.367 e. The molecule has 2 saturated heterocycles. The predicted molar refractivity (Wildman–Crippen MR) is 75.0 cm³/mol. The fraction of sp³-hybridized carbons (Fsp3) is 0.667. The van der Waals surface area contributed by atoms with Crippen LogP contribution < -0.4 is 10.2 Å². The quantitative estimate of drug-likeness (QED) is 0.643. The van der Waals surface area contributed by atoms with E-state index in [0.717, 1.165) is 32.6 Å². The van der Waals surface area contributed by atoms with Crippen molar-refractivity contribution in [1.29, 1.82) is 0 Å². The van der Waals surface area contributed by atoms with Gasteiger partial charge in [-0.3, -0.25) is 15.0 Å². The van der Waals surface area contributed by atoms with Crippen molar-refractivity contribution in [3.05, 3.63) is 16.4 Å². The molecule has 1 atom stereocenters. The summed E-state index contributed by atoms with van der Waals surface area (Å²) in [4.78, 5) is 23.5. The molecule has 0 radical (unpaired) electrons. The number of nitrogens with one attached hydrogen (secondary N) is 1. The second-order valence-corrected chi connectivity index (χ2v) is 5.18. The summed E-state index contributed by atoms with van der Waals surface area (Å²) in [6.07, 6.45) is 3.76. The summed E-state index contributed by atoms with van der Waals surface area (Å²) in [5.41, 5.74) is -0.0264. The molecule has 1 aromatic rings. The van der Waals surface area contributed by atoms with Gasteiger partial charge in [-0.2, -0.15) is 0 Å². The standard InChI is InChI=1S/C12H18N6O2/c1-13-11-10(18(19)20)12(15-8-14-11)17-6-5-16-4-2-3-9(16)7-17/h8-9H,2-7H2,1H3,(H,13,14,15). The first-order valence-electron chi connectivity index (χ1n) is 6.87. The maximum Gasteiger partial charge on any atom is 0.353 e. The van der Waals surface area contributed by atoms with E-state index in [9.17, 15) is 10.1 Å². The number of nitro groups is 1. The first kappa shape index (κ1) is 13.0. The van der Waals surface area contributed by atoms with E-state index in [0.29, 0.717) is 11.9 Å². The SMILES string of the molecule is CNc1ncnc(N2CCN3CCCC3C2)c1[N+](=O)[O-]. The molecule has 1 N–H and O–H groups in total. The molecule has 2 aliphatic rings. The molecule has 0 amide bonds. The zero-order valence-corrected chi connectivity index (χ0v) is 11.4. The van der Waals surface area contributed by atoms with E-state index in [2.05, 4.69) is 20.2 Å². The maximum absolute atomic E-state index is 11.3. The Morgan fingerprint density at radius 2 is 2.25 bits per heavy atom. The number of fused-ring (bicyclic) bond motifs is 1. The Kier molecular flexibility index (Phi) is 3.39. The minimum Gasteiger partial charge on any atom is -0.367 e. The van der Waals surface area contributed by atoms with Crippen LogP contribution in [0.2, 0.25) is 0 Å². The molecule has 1 aromatic heterocycles. The lowest BCUT2D eigenvalue weighted by molar-refractivity contribution is -0.383. The molecule has 0 aliphatic carbocycles. The van der Waals surface area contributed by atoms with Gasteiger partial charge in [0.25, 0.3) is 0 Å². The van der Waals surface area contributed by atoms with Gasteiger partial charge in [0.05, 0.1) is 4.92 Å². The molecule has 20 heavy (non-hydrogen) atoms. The van der Waals surface area contributed by atoms with E-state index >= 15 is 0 Å². The van der Waals surface area contributed by atoms with Crippen molar-refractivity contribution in [1.82, 2.24) is 14.9 Å². The minimum absolute atomic E-state index is 0.0264. The maximum atomic E-state index is 11.3. The van der Waals surface area contributed by atoms with Crippen LogP contribution in [0.1, 0.15) is 12.8 Å². The molecule has 3 heterocycles. The van der Waals surface area contributed by atoms with Crippen LogP contribution in [0.25, 0.3) is 0 Å². The number of hydrogen-bond acceptors (Lipinski definition) is 7. The van der Waals surface area contributed by atoms with Gasteiger partial charge >= 0.3 is 5.69 Å². The minimum atomic E-state index is -0.401. The van der Waals surface area contributed by atoms with Gasteiger partial charge in [0.2, 0.25) is 11.6 Å². The molecular formula is C12H18N6O2. The zero-order valence-electron chi connectivity index (χ0n) is 11.4. The predicted octanol–water partition coefficient (Wildman–Crippen LogP) is 0.711. The number of piperazine rings is 1. The first-order chi connectivity index (χ1) is 9.70. The highest BCUT2D eigenvalue weighted by Gasteiger charge is 2.34. The average molecular weight is 278 g/mol. The molecule has 8 heteroatoms. The summed E-state index contributed by atoms with van der Waals surface area (Å²) in [5.74, 6) is 0.703. The van der Waals surface area contributed by atoms with Crippen LogP contribution in [0.15, 0.2) is 6.33 Å². The fourth-order valence-electron chi connectivity index (χ4n) is 3.14. The molecule has 0 saturated carbocycles. The third-order valence-electron chi connectivity index (χ3n) is 4.11. The Bertz CT molecular complexity index is 523. The van der Waals surface area contributed by atoms with Crippen LogP contribution in [-0.4, -0.2) is 59.1 Å². The lowest BCUT2D eigenvalue weighted by Crippen LogP contribution is -2.50. The van der Waals surface area contributed by atoms with Gasteiger partial charge < -0.3 is 10.2 Å². The molecular weight excluding hydrogens is 260 g/mol. The van der Waals surface area contributed by atoms with E-state index in [4.69, 9.17) is 0 Å². The number of nitrogens with zero attached hydrogens (tertiary/aromatic N) is 5. The van der Waals surface area contributed by atoms with Crippen molar-refractivity contribution < 1.29 is 4.92 Å². The summed E-state index contributed by atoms with van der Waals surface area (Å²) in [7, 11) is 1.63. The van der Waals surface area contributed by atoms with Crippen LogP contribution in [0.5, 0.6) is 0 Å². The van der Waals surface area contributed by atoms with Gasteiger partial charge in [0.1, 0.15) is 6.33 Å². The molecule has 2 aliphatic heterocycles. The normalized spacial score (nSPS) is 22.6. The van der Waals surface area contributed by atoms with Gasteiger partial charge in [-0.25, -0.2) is 9.97 Å². The van der Waals surface area contributed by atoms with Crippen molar-refractivity contribution in [2.24, 2.45) is 0 Å². The van der Waals surface area contributed by atoms with E-state index in [1.54, 1.807) is 7.05 Å². The second-order valence-electron chi connectivity index (χ2n) is 5.18. The van der Waals surface area contributed by atoms with Gasteiger partial charge in [-0.05, 0) is 19.4 Å². The molecule has 0 spiro atoms. The lowest BCUT2D eigenvalue weighted by Gasteiger charge is -2.37. The Morgan fingerprint density at radius 3 is 3.00 bits per heavy atom. The van der Waals surface area contributed by atoms with E-state index in [1.165, 1.54) is 12.7 Å². The van der Waals surface area contributed by atoms with Crippen LogP contribution in [0.3, 0.4) is 0 Å². The van der Waals surface area contributed by atoms with Crippen molar-refractivity contribution in [3.63, 3.8) is 0 Å². The summed E-state index contributed by atoms with van der Waals surface area (Å²) < 4.78 is 0. The van der Waals surface area contributed by atoms with Crippen LogP contribution in [0, 0.1) is 10.1 Å². The highest BCUT2D eigenvalue weighted by molar-refractivity contribution is 5.70. The fourth-order valence-corrected chi connectivity index (χ4v) is 3.14. The molecule has 108 valence electrons. The van der Waals surface area contributed by atoms with Gasteiger partial charge in [0.15, 0.2) is 0 Å². The second kappa shape index (κ2) is 5.20. The number of aromatic nitrogens is 2. The third kappa shape index (κ3) is 2.15. The molecule has 2 fully saturated rings. The Balaban J connectivity index is 1.91. The van der Waals surface area contributed by atoms with Gasteiger partial charge in [-0.1, -0.05) is 0 Å². The molecule has 0 aromatic carbocycles. The Morgan fingerprint density at radius 1 is 1.40 bits per heavy atom. The van der Waals surface area contributed by atoms with Crippen LogP contribution >= 0.6 is 0 Å². The summed E-state index contributed by atoms with van der Waals surface area (Å²) in [6, 6.07) is 0.497. The highest BCUT2D eigenvalue weighted by atomic mass is 16.6. The number of rotatable bonds is 3. The van der Waals surface area contributed by atoms with Crippen molar-refractivity contribution >= 4 is 17.3 Å². The van der Waals surface area contributed by atoms with E-state index in [1.807, 2.05) is 4.90 Å². The monoisotopic (exact) mass is 278 g/mol. The molecule has 1 unspecified atom stereocenters. The summed E-state index contributed by atoms with van der Waals surface area (Å²) in [6.45, 7) is 3.67. The van der Waals surface area contributed by atoms with Crippen molar-refractivity contribution in [3.8, 4) is 0 Å². The molecule has 3 rings (SSSR count). The average Bonchev–Trinajstić information content (AvgIpc) is 2.93. The smallest absolute Gasteiger partial charge is 0.353 e. The first-order valence-corrected chi connectivity index (χ1v) is 6.87. The topological polar surface area (TPSA) is 87.4 Å². The number of anilines is 2. The van der Waals surface area contributed by atoms with Crippen molar-refractivity contribution in [2.75, 3.05) is 43.4 Å². The van der Waals surface area contributed by atoms with Crippen LogP contribution in [0.4, 0.5) is 17.3 Å². The Hall–Kier alpha value is -1.96.